The summed E-state index contributed by atoms with van der Waals surface area (Å²) in [7, 11) is 6.96. The largest absolute Gasteiger partial charge is 1.00 e. The van der Waals surface area contributed by atoms with Crippen molar-refractivity contribution < 1.29 is 40.4 Å². The van der Waals surface area contributed by atoms with E-state index in [0.717, 1.165) is 53.4 Å². The minimum Gasteiger partial charge on any atom is -1.00 e. The van der Waals surface area contributed by atoms with Crippen LogP contribution in [0.2, 0.25) is 0 Å². The predicted molar refractivity (Wildman–Crippen MR) is 136 cm³/mol. The molecule has 5 nitrogen and oxygen atoms in total. The van der Waals surface area contributed by atoms with Crippen molar-refractivity contribution in [2.75, 3.05) is 41.5 Å². The molecule has 0 saturated carbocycles. The van der Waals surface area contributed by atoms with E-state index in [-0.39, 0.29) is 17.0 Å². The van der Waals surface area contributed by atoms with E-state index in [1.54, 1.807) is 28.4 Å². The minimum atomic E-state index is 0. The Morgan fingerprint density at radius 3 is 2.17 bits per heavy atom. The fraction of sp³-hybridized carbons (Fsp3) is 0.586. The highest BCUT2D eigenvalue weighted by Crippen LogP contribution is 2.50. The first kappa shape index (κ1) is 27.7. The zero-order valence-corrected chi connectivity index (χ0v) is 23.7. The van der Waals surface area contributed by atoms with Crippen LogP contribution in [0.3, 0.4) is 0 Å². The van der Waals surface area contributed by atoms with Gasteiger partial charge in [-0.3, -0.25) is 0 Å². The third-order valence-corrected chi connectivity index (χ3v) is 8.08. The van der Waals surface area contributed by atoms with Crippen molar-refractivity contribution >= 4 is 0 Å². The van der Waals surface area contributed by atoms with E-state index in [0.29, 0.717) is 6.04 Å². The molecule has 0 fully saturated rings. The number of fused-ring (bicyclic) bond motifs is 4. The predicted octanol–water partition coefficient (Wildman–Crippen LogP) is 3.26. The van der Waals surface area contributed by atoms with Crippen LogP contribution >= 0.6 is 0 Å². The van der Waals surface area contributed by atoms with Gasteiger partial charge in [0.05, 0.1) is 47.1 Å². The monoisotopic (exact) mass is 547 g/mol. The Morgan fingerprint density at radius 2 is 1.49 bits per heavy atom. The lowest BCUT2D eigenvalue weighted by Crippen LogP contribution is -3.00. The molecule has 0 bridgehead atoms. The molecular weight excluding hydrogens is 506 g/mol. The van der Waals surface area contributed by atoms with Gasteiger partial charge < -0.3 is 40.4 Å². The third-order valence-electron chi connectivity index (χ3n) is 8.08. The molecule has 6 heteroatoms. The Kier molecular flexibility index (Phi) is 9.77. The number of unbranched alkanes of at least 4 members (excludes halogenated alkanes) is 5. The van der Waals surface area contributed by atoms with Gasteiger partial charge in [0, 0.05) is 18.4 Å². The van der Waals surface area contributed by atoms with Crippen LogP contribution in [0.15, 0.2) is 24.3 Å². The fourth-order valence-corrected chi connectivity index (χ4v) is 6.22. The number of hydrogen-bond acceptors (Lipinski definition) is 4. The normalized spacial score (nSPS) is 20.1. The Morgan fingerprint density at radius 1 is 0.800 bits per heavy atom. The van der Waals surface area contributed by atoms with Gasteiger partial charge in [-0.1, -0.05) is 38.7 Å². The highest BCUT2D eigenvalue weighted by molar-refractivity contribution is 5.53. The molecule has 0 aliphatic carbocycles. The lowest BCUT2D eigenvalue weighted by atomic mass is 9.80. The number of hydrogen-bond donors (Lipinski definition) is 0. The number of ether oxygens (including phenoxy) is 4. The van der Waals surface area contributed by atoms with Gasteiger partial charge in [-0.05, 0) is 42.2 Å². The van der Waals surface area contributed by atoms with Crippen LogP contribution in [0.1, 0.15) is 73.7 Å². The van der Waals surface area contributed by atoms with Crippen LogP contribution in [0.4, 0.5) is 0 Å². The molecule has 2 heterocycles. The fourth-order valence-electron chi connectivity index (χ4n) is 6.22. The van der Waals surface area contributed by atoms with E-state index in [9.17, 15) is 0 Å². The Labute approximate surface area is 222 Å². The number of quaternary nitrogens is 1. The molecule has 2 aromatic carbocycles. The molecular formula is C29H42BrNO4. The molecule has 4 rings (SSSR count). The van der Waals surface area contributed by atoms with Gasteiger partial charge in [0.15, 0.2) is 23.0 Å². The van der Waals surface area contributed by atoms with Crippen LogP contribution in [-0.4, -0.2) is 46.0 Å². The van der Waals surface area contributed by atoms with Crippen molar-refractivity contribution in [1.29, 1.82) is 0 Å². The maximum absolute atomic E-state index is 5.89. The molecule has 0 spiro atoms. The van der Waals surface area contributed by atoms with Crippen LogP contribution < -0.4 is 35.9 Å². The Balaban J connectivity index is 0.00000342. The smallest absolute Gasteiger partial charge is 0.169 e. The van der Waals surface area contributed by atoms with Crippen molar-refractivity contribution in [3.8, 4) is 23.0 Å². The average Bonchev–Trinajstić information content (AvgIpc) is 2.87. The van der Waals surface area contributed by atoms with E-state index in [2.05, 4.69) is 31.2 Å². The summed E-state index contributed by atoms with van der Waals surface area (Å²) in [5.41, 5.74) is 5.54. The third kappa shape index (κ3) is 5.43. The van der Waals surface area contributed by atoms with E-state index < -0.39 is 0 Å². The van der Waals surface area contributed by atoms with E-state index in [4.69, 9.17) is 18.9 Å². The lowest BCUT2D eigenvalue weighted by Gasteiger charge is -2.51. The minimum absolute atomic E-state index is 0. The van der Waals surface area contributed by atoms with E-state index in [1.807, 2.05) is 0 Å². The summed E-state index contributed by atoms with van der Waals surface area (Å²) in [5, 5.41) is 0. The summed E-state index contributed by atoms with van der Waals surface area (Å²) in [6.07, 6.45) is 9.99. The van der Waals surface area contributed by atoms with Gasteiger partial charge >= 0.3 is 0 Å². The first-order valence-corrected chi connectivity index (χ1v) is 12.9. The first-order chi connectivity index (χ1) is 16.6. The second kappa shape index (κ2) is 12.4. The van der Waals surface area contributed by atoms with Crippen molar-refractivity contribution in [3.63, 3.8) is 0 Å². The van der Waals surface area contributed by atoms with Gasteiger partial charge in [0.25, 0.3) is 0 Å². The molecule has 0 saturated heterocycles. The zero-order chi connectivity index (χ0) is 24.1. The average molecular weight is 549 g/mol. The molecule has 35 heavy (non-hydrogen) atoms. The first-order valence-electron chi connectivity index (χ1n) is 12.9. The SMILES string of the molecule is CCCCCCCC[N+]12CCc3cc(OC)c(OC)cc3C1Cc1ccc(OC)c(OC)c1C2.[Br-]. The molecule has 0 aromatic heterocycles. The zero-order valence-electron chi connectivity index (χ0n) is 22.1. The summed E-state index contributed by atoms with van der Waals surface area (Å²) >= 11 is 0. The molecule has 0 N–H and O–H groups in total. The Hall–Kier alpha value is -1.92. The van der Waals surface area contributed by atoms with E-state index in [1.165, 1.54) is 67.3 Å². The molecule has 2 aromatic rings. The van der Waals surface area contributed by atoms with Gasteiger partial charge in [-0.2, -0.15) is 0 Å². The molecule has 0 amide bonds. The van der Waals surface area contributed by atoms with Gasteiger partial charge in [-0.25, -0.2) is 0 Å². The van der Waals surface area contributed by atoms with Gasteiger partial charge in [0.1, 0.15) is 12.6 Å². The van der Waals surface area contributed by atoms with Crippen LogP contribution in [0.5, 0.6) is 23.0 Å². The topological polar surface area (TPSA) is 36.9 Å². The molecule has 2 aliphatic rings. The number of methoxy groups -OCH3 is 4. The summed E-state index contributed by atoms with van der Waals surface area (Å²) in [4.78, 5) is 0. The summed E-state index contributed by atoms with van der Waals surface area (Å²) in [5.74, 6) is 3.41. The molecule has 2 unspecified atom stereocenters. The van der Waals surface area contributed by atoms with Crippen molar-refractivity contribution in [1.82, 2.24) is 0 Å². The summed E-state index contributed by atoms with van der Waals surface area (Å²) < 4.78 is 24.0. The van der Waals surface area contributed by atoms with Crippen molar-refractivity contribution in [3.05, 3.63) is 46.5 Å². The highest BCUT2D eigenvalue weighted by Gasteiger charge is 2.47. The maximum Gasteiger partial charge on any atom is 0.169 e. The van der Waals surface area contributed by atoms with Crippen LogP contribution in [0, 0.1) is 0 Å². The summed E-state index contributed by atoms with van der Waals surface area (Å²) in [6.45, 7) is 5.61. The molecule has 2 atom stereocenters. The van der Waals surface area contributed by atoms with Crippen LogP contribution in [0.25, 0.3) is 0 Å². The molecule has 2 aliphatic heterocycles. The van der Waals surface area contributed by atoms with Crippen molar-refractivity contribution in [2.45, 2.75) is 70.9 Å². The van der Waals surface area contributed by atoms with Crippen molar-refractivity contribution in [2.24, 2.45) is 0 Å². The maximum atomic E-state index is 5.89. The number of benzene rings is 2. The van der Waals surface area contributed by atoms with E-state index >= 15 is 0 Å². The molecule has 0 radical (unpaired) electrons. The summed E-state index contributed by atoms with van der Waals surface area (Å²) in [6, 6.07) is 9.17. The standard InChI is InChI=1S/C29H42NO4.BrH/c1-6-7-8-9-10-11-15-30-16-14-22-18-27(32-3)28(33-4)19-23(22)25(30)17-21-12-13-26(31-2)29(34-5)24(21)20-30;/h12-13,18-19,25H,6-11,14-17,20H2,1-5H3;1H/q+1;/p-1. The van der Waals surface area contributed by atoms with Crippen LogP contribution in [-0.2, 0) is 19.4 Å². The van der Waals surface area contributed by atoms with Gasteiger partial charge in [-0.15, -0.1) is 0 Å². The molecule has 194 valence electrons. The number of rotatable bonds is 11. The lowest BCUT2D eigenvalue weighted by molar-refractivity contribution is -0.973. The second-order valence-corrected chi connectivity index (χ2v) is 9.91. The second-order valence-electron chi connectivity index (χ2n) is 9.91. The number of nitrogens with zero attached hydrogens (tertiary/aromatic N) is 1. The quantitative estimate of drug-likeness (QED) is 0.319. The van der Waals surface area contributed by atoms with Gasteiger partial charge in [0.2, 0.25) is 0 Å². The highest BCUT2D eigenvalue weighted by atomic mass is 79.9. The Bertz CT molecular complexity index is 995. The number of halogens is 1.